The summed E-state index contributed by atoms with van der Waals surface area (Å²) in [5.41, 5.74) is 8.47. The van der Waals surface area contributed by atoms with Crippen molar-refractivity contribution in [2.24, 2.45) is 5.92 Å². The van der Waals surface area contributed by atoms with E-state index in [1.807, 2.05) is 26.0 Å². The van der Waals surface area contributed by atoms with Crippen LogP contribution >= 0.6 is 11.6 Å². The summed E-state index contributed by atoms with van der Waals surface area (Å²) in [5.74, 6) is -0.172. The third kappa shape index (κ3) is 9.95. The lowest BCUT2D eigenvalue weighted by molar-refractivity contribution is -0.118. The van der Waals surface area contributed by atoms with E-state index in [-0.39, 0.29) is 30.4 Å². The van der Waals surface area contributed by atoms with Gasteiger partial charge in [-0.1, -0.05) is 49.2 Å². The fourth-order valence-electron chi connectivity index (χ4n) is 5.19. The molecule has 2 amide bonds. The number of nitrogens with two attached hydrogens (primary N) is 1. The van der Waals surface area contributed by atoms with E-state index < -0.39 is 34.1 Å². The molecule has 0 heterocycles. The average Bonchev–Trinajstić information content (AvgIpc) is 3.00. The van der Waals surface area contributed by atoms with Crippen molar-refractivity contribution < 1.29 is 27.9 Å². The van der Waals surface area contributed by atoms with Gasteiger partial charge in [0.15, 0.2) is 0 Å². The molecule has 0 unspecified atom stereocenters. The molecule has 44 heavy (non-hydrogen) atoms. The largest absolute Gasteiger partial charge is 0.453 e. The summed E-state index contributed by atoms with van der Waals surface area (Å²) in [5, 5.41) is 16.7. The number of para-hydroxylation sites is 1. The molecule has 0 fully saturated rings. The first-order valence-electron chi connectivity index (χ1n) is 15.0. The molecule has 1 aliphatic rings. The number of alkyl carbamates (subject to hydrolysis) is 1. The predicted molar refractivity (Wildman–Crippen MR) is 174 cm³/mol. The van der Waals surface area contributed by atoms with Crippen LogP contribution in [0.3, 0.4) is 0 Å². The van der Waals surface area contributed by atoms with Crippen molar-refractivity contribution in [3.8, 4) is 0 Å². The molecule has 3 rings (SSSR count). The minimum atomic E-state index is -3.92. The maximum atomic E-state index is 13.7. The lowest BCUT2D eigenvalue weighted by Crippen LogP contribution is -2.44. The number of halogens is 1. The minimum absolute atomic E-state index is 0.110. The Balaban J connectivity index is 1.81. The molecule has 0 radical (unpaired) electrons. The van der Waals surface area contributed by atoms with Gasteiger partial charge in [-0.25, -0.2) is 13.2 Å². The maximum absolute atomic E-state index is 13.7. The van der Waals surface area contributed by atoms with E-state index in [1.165, 1.54) is 23.5 Å². The molecule has 0 saturated carbocycles. The molecule has 10 nitrogen and oxygen atoms in total. The number of methoxy groups -OCH3 is 1. The third-order valence-corrected chi connectivity index (χ3v) is 10.2. The van der Waals surface area contributed by atoms with Gasteiger partial charge in [0.2, 0.25) is 15.9 Å². The van der Waals surface area contributed by atoms with Crippen LogP contribution in [0, 0.1) is 5.92 Å². The van der Waals surface area contributed by atoms with Crippen LogP contribution in [0.1, 0.15) is 64.4 Å². The molecular weight excluding hydrogens is 604 g/mol. The second-order valence-corrected chi connectivity index (χ2v) is 13.8. The first-order valence-corrected chi connectivity index (χ1v) is 16.9. The summed E-state index contributed by atoms with van der Waals surface area (Å²) in [6.45, 7) is 3.90. The molecule has 2 aromatic rings. The lowest BCUT2D eigenvalue weighted by Gasteiger charge is -2.30. The molecule has 5 N–H and O–H groups in total. The minimum Gasteiger partial charge on any atom is -0.453 e. The van der Waals surface area contributed by atoms with Crippen molar-refractivity contribution >= 4 is 45.0 Å². The van der Waals surface area contributed by atoms with Crippen LogP contribution in [0.25, 0.3) is 0 Å². The van der Waals surface area contributed by atoms with Crippen molar-refractivity contribution in [2.45, 2.75) is 82.2 Å². The van der Waals surface area contributed by atoms with Gasteiger partial charge < -0.3 is 26.2 Å². The van der Waals surface area contributed by atoms with Crippen molar-refractivity contribution in [1.82, 2.24) is 9.62 Å². The number of amides is 2. The molecule has 1 aliphatic carbocycles. The number of nitrogen functional groups attached to an aromatic ring is 1. The van der Waals surface area contributed by atoms with Crippen LogP contribution in [0.5, 0.6) is 0 Å². The number of allylic oxidation sites excluding steroid dienone is 1. The lowest BCUT2D eigenvalue weighted by atomic mass is 9.93. The maximum Gasteiger partial charge on any atom is 0.407 e. The molecular formula is C32H45ClN4O6S. The topological polar surface area (TPSA) is 151 Å². The number of aryl methyl sites for hydroxylation is 1. The number of hydrogen-bond acceptors (Lipinski definition) is 7. The standard InChI is InChI=1S/C32H45ClN4O6S/c1-22(2)18-19-37(44(41,42)27-16-13-25(34)14-17-27)26(21-38)15-12-23-8-5-7-11-29(23)35-31(39)30(36-32(40)43-3)20-24-9-4-6-10-28(24)33/h5,7-8,11,13-14,16-17,22,26,30,38H,4,6,9-10,12,15,18-21,34H2,1-3H3,(H,35,39)(H,36,40)/t26-,30-/m0/s1. The van der Waals surface area contributed by atoms with Crippen molar-refractivity contribution in [1.29, 1.82) is 0 Å². The summed E-state index contributed by atoms with van der Waals surface area (Å²) in [6, 6.07) is 11.6. The number of anilines is 2. The number of nitrogens with zero attached hydrogens (tertiary/aromatic N) is 1. The number of sulfonamides is 1. The van der Waals surface area contributed by atoms with E-state index in [2.05, 4.69) is 10.6 Å². The number of benzene rings is 2. The van der Waals surface area contributed by atoms with Crippen molar-refractivity contribution in [3.63, 3.8) is 0 Å². The predicted octanol–water partition coefficient (Wildman–Crippen LogP) is 5.42. The van der Waals surface area contributed by atoms with Crippen LogP contribution < -0.4 is 16.4 Å². The van der Waals surface area contributed by atoms with E-state index in [9.17, 15) is 23.1 Å². The summed E-state index contributed by atoms with van der Waals surface area (Å²) >= 11 is 6.45. The van der Waals surface area contributed by atoms with E-state index in [1.54, 1.807) is 24.3 Å². The quantitative estimate of drug-likeness (QED) is 0.188. The smallest absolute Gasteiger partial charge is 0.407 e. The van der Waals surface area contributed by atoms with Crippen molar-refractivity contribution in [3.05, 3.63) is 64.7 Å². The molecule has 2 atom stereocenters. The molecule has 0 aromatic heterocycles. The number of ether oxygens (including phenoxy) is 1. The van der Waals surface area contributed by atoms with Gasteiger partial charge in [-0.3, -0.25) is 4.79 Å². The monoisotopic (exact) mass is 648 g/mol. The SMILES string of the molecule is COC(=O)N[C@@H](CC1=C(Cl)CCCC1)C(=O)Nc1ccccc1CC[C@@H](CO)N(CCC(C)C)S(=O)(=O)c1ccc(N)cc1. The number of hydrogen-bond donors (Lipinski definition) is 4. The van der Waals surface area contributed by atoms with Gasteiger partial charge >= 0.3 is 6.09 Å². The van der Waals surface area contributed by atoms with Crippen LogP contribution in [0.2, 0.25) is 0 Å². The number of aliphatic hydroxyl groups excluding tert-OH is 1. The molecule has 0 bridgehead atoms. The van der Waals surface area contributed by atoms with E-state index in [0.29, 0.717) is 30.6 Å². The highest BCUT2D eigenvalue weighted by Gasteiger charge is 2.31. The summed E-state index contributed by atoms with van der Waals surface area (Å²) in [7, 11) is -2.68. The second-order valence-electron chi connectivity index (χ2n) is 11.5. The molecule has 0 saturated heterocycles. The average molecular weight is 649 g/mol. The molecule has 0 aliphatic heterocycles. The Hall–Kier alpha value is -3.12. The van der Waals surface area contributed by atoms with Crippen LogP contribution in [0.4, 0.5) is 16.2 Å². The Morgan fingerprint density at radius 1 is 1.07 bits per heavy atom. The fraction of sp³-hybridized carbons (Fsp3) is 0.500. The Labute approximate surface area is 266 Å². The zero-order valence-electron chi connectivity index (χ0n) is 25.7. The Bertz CT molecular complexity index is 1400. The summed E-state index contributed by atoms with van der Waals surface area (Å²) in [4.78, 5) is 25.7. The van der Waals surface area contributed by atoms with Crippen LogP contribution in [0.15, 0.2) is 64.0 Å². The number of aliphatic hydroxyl groups is 1. The van der Waals surface area contributed by atoms with Gasteiger partial charge in [0, 0.05) is 29.0 Å². The molecule has 12 heteroatoms. The van der Waals surface area contributed by atoms with Gasteiger partial charge in [0.25, 0.3) is 0 Å². The van der Waals surface area contributed by atoms with E-state index >= 15 is 0 Å². The normalized spacial score (nSPS) is 15.2. The highest BCUT2D eigenvalue weighted by molar-refractivity contribution is 7.89. The van der Waals surface area contributed by atoms with Crippen molar-refractivity contribution in [2.75, 3.05) is 31.3 Å². The van der Waals surface area contributed by atoms with Gasteiger partial charge in [0.05, 0.1) is 18.6 Å². The van der Waals surface area contributed by atoms with Crippen LogP contribution in [-0.2, 0) is 26.0 Å². The Morgan fingerprint density at radius 2 is 1.75 bits per heavy atom. The first kappa shape index (κ1) is 35.4. The summed E-state index contributed by atoms with van der Waals surface area (Å²) in [6.07, 6.45) is 4.31. The van der Waals surface area contributed by atoms with E-state index in [0.717, 1.165) is 41.9 Å². The highest BCUT2D eigenvalue weighted by Crippen LogP contribution is 2.31. The second kappa shape index (κ2) is 16.8. The third-order valence-electron chi connectivity index (χ3n) is 7.81. The zero-order chi connectivity index (χ0) is 32.3. The number of carbonyl (C=O) groups excluding carboxylic acids is 2. The number of carbonyl (C=O) groups is 2. The molecule has 242 valence electrons. The Kier molecular flexibility index (Phi) is 13.5. The molecule has 2 aromatic carbocycles. The van der Waals surface area contributed by atoms with E-state index in [4.69, 9.17) is 22.1 Å². The first-order chi connectivity index (χ1) is 21.0. The summed E-state index contributed by atoms with van der Waals surface area (Å²) < 4.78 is 33.6. The van der Waals surface area contributed by atoms with Gasteiger partial charge in [0.1, 0.15) is 6.04 Å². The van der Waals surface area contributed by atoms with Gasteiger partial charge in [-0.05, 0) is 93.2 Å². The number of rotatable bonds is 15. The number of nitrogens with one attached hydrogen (secondary N) is 2. The van der Waals surface area contributed by atoms with Crippen LogP contribution in [-0.4, -0.2) is 62.2 Å². The Morgan fingerprint density at radius 3 is 2.39 bits per heavy atom. The highest BCUT2D eigenvalue weighted by atomic mass is 35.5. The van der Waals surface area contributed by atoms with Gasteiger partial charge in [-0.2, -0.15) is 4.31 Å². The van der Waals surface area contributed by atoms with Gasteiger partial charge in [-0.15, -0.1) is 0 Å². The molecule has 0 spiro atoms. The fourth-order valence-corrected chi connectivity index (χ4v) is 7.16. The zero-order valence-corrected chi connectivity index (χ0v) is 27.3.